The summed E-state index contributed by atoms with van der Waals surface area (Å²) in [5.41, 5.74) is 3.01. The van der Waals surface area contributed by atoms with Gasteiger partial charge in [-0.1, -0.05) is 18.2 Å². The summed E-state index contributed by atoms with van der Waals surface area (Å²) in [4.78, 5) is 12.5. The minimum Gasteiger partial charge on any atom is -0.493 e. The molecule has 3 rings (SSSR count). The van der Waals surface area contributed by atoms with Gasteiger partial charge in [-0.3, -0.25) is 4.79 Å². The van der Waals surface area contributed by atoms with Crippen LogP contribution in [0.25, 0.3) is 0 Å². The Kier molecular flexibility index (Phi) is 7.63. The third-order valence-electron chi connectivity index (χ3n) is 4.42. The molecule has 0 saturated carbocycles. The lowest BCUT2D eigenvalue weighted by atomic mass is 10.2. The topological polar surface area (TPSA) is 110 Å². The van der Waals surface area contributed by atoms with Crippen LogP contribution >= 0.6 is 0 Å². The highest BCUT2D eigenvalue weighted by Crippen LogP contribution is 2.26. The molecule has 0 atom stereocenters. The quantitative estimate of drug-likeness (QED) is 0.370. The Bertz CT molecular complexity index is 1160. The average molecular weight is 458 g/mol. The molecule has 9 nitrogen and oxygen atoms in total. The summed E-state index contributed by atoms with van der Waals surface area (Å²) in [6, 6.07) is 16.3. The molecule has 0 unspecified atom stereocenters. The number of ether oxygens (including phenoxy) is 2. The fourth-order valence-electron chi connectivity index (χ4n) is 2.85. The van der Waals surface area contributed by atoms with Crippen molar-refractivity contribution >= 4 is 22.1 Å². The second-order valence-corrected chi connectivity index (χ2v) is 8.51. The van der Waals surface area contributed by atoms with Crippen molar-refractivity contribution in [2.45, 2.75) is 11.4 Å². The summed E-state index contributed by atoms with van der Waals surface area (Å²) in [5, 5.41) is 3.91. The van der Waals surface area contributed by atoms with Crippen molar-refractivity contribution < 1.29 is 27.1 Å². The van der Waals surface area contributed by atoms with Gasteiger partial charge in [0, 0.05) is 0 Å². The van der Waals surface area contributed by atoms with Crippen LogP contribution in [0, 0.1) is 0 Å². The molecule has 3 aromatic rings. The highest BCUT2D eigenvalue weighted by atomic mass is 32.2. The predicted octanol–water partition coefficient (Wildman–Crippen LogP) is 2.64. The lowest BCUT2D eigenvalue weighted by molar-refractivity contribution is -0.121. The Hall–Kier alpha value is -3.63. The van der Waals surface area contributed by atoms with Crippen LogP contribution in [0.5, 0.6) is 11.5 Å². The second kappa shape index (κ2) is 10.6. The Labute approximate surface area is 186 Å². The molecule has 0 saturated heterocycles. The van der Waals surface area contributed by atoms with E-state index in [1.165, 1.54) is 38.8 Å². The number of sulfonamides is 1. The molecule has 0 aliphatic carbocycles. The number of amides is 1. The van der Waals surface area contributed by atoms with Crippen molar-refractivity contribution in [1.82, 2.24) is 9.73 Å². The van der Waals surface area contributed by atoms with E-state index in [0.717, 1.165) is 4.31 Å². The van der Waals surface area contributed by atoms with Gasteiger partial charge in [0.1, 0.15) is 5.76 Å². The third kappa shape index (κ3) is 5.74. The van der Waals surface area contributed by atoms with E-state index >= 15 is 0 Å². The van der Waals surface area contributed by atoms with Gasteiger partial charge in [-0.2, -0.15) is 9.41 Å². The van der Waals surface area contributed by atoms with Crippen LogP contribution < -0.4 is 14.9 Å². The highest BCUT2D eigenvalue weighted by molar-refractivity contribution is 7.89. The number of benzene rings is 2. The Morgan fingerprint density at radius 2 is 1.81 bits per heavy atom. The number of hydrogen-bond donors (Lipinski definition) is 1. The molecule has 1 N–H and O–H groups in total. The lowest BCUT2D eigenvalue weighted by Crippen LogP contribution is -2.38. The first-order valence-corrected chi connectivity index (χ1v) is 11.0. The summed E-state index contributed by atoms with van der Waals surface area (Å²) in [6.07, 6.45) is 2.86. The molecule has 168 valence electrons. The molecule has 0 radical (unpaired) electrons. The number of methoxy groups -OCH3 is 2. The molecule has 0 aliphatic rings. The summed E-state index contributed by atoms with van der Waals surface area (Å²) in [5.74, 6) is 0.883. The maximum absolute atomic E-state index is 13.1. The highest BCUT2D eigenvalue weighted by Gasteiger charge is 2.27. The Morgan fingerprint density at radius 3 is 2.47 bits per heavy atom. The number of hydrogen-bond acceptors (Lipinski definition) is 7. The van der Waals surface area contributed by atoms with Crippen molar-refractivity contribution in [2.75, 3.05) is 20.8 Å². The van der Waals surface area contributed by atoms with Gasteiger partial charge < -0.3 is 13.9 Å². The first-order chi connectivity index (χ1) is 15.4. The minimum absolute atomic E-state index is 0.0770. The molecule has 1 amide bonds. The van der Waals surface area contributed by atoms with E-state index in [9.17, 15) is 13.2 Å². The van der Waals surface area contributed by atoms with Gasteiger partial charge in [0.15, 0.2) is 11.5 Å². The van der Waals surface area contributed by atoms with Crippen molar-refractivity contribution in [2.24, 2.45) is 5.10 Å². The van der Waals surface area contributed by atoms with Gasteiger partial charge in [0.05, 0.1) is 44.7 Å². The Balaban J connectivity index is 1.72. The summed E-state index contributed by atoms with van der Waals surface area (Å²) >= 11 is 0. The normalized spacial score (nSPS) is 11.6. The zero-order valence-corrected chi connectivity index (χ0v) is 18.4. The standard InChI is InChI=1S/C22H23N3O6S/c1-29-20-11-10-17(13-21(20)30-2)14-23-24-22(26)16-25(15-18-7-6-12-31-18)32(27,28)19-8-4-3-5-9-19/h3-14H,15-16H2,1-2H3,(H,24,26)/b23-14-. The van der Waals surface area contributed by atoms with E-state index in [0.29, 0.717) is 22.8 Å². The van der Waals surface area contributed by atoms with Gasteiger partial charge >= 0.3 is 0 Å². The molecule has 0 aliphatic heterocycles. The van der Waals surface area contributed by atoms with Crippen molar-refractivity contribution in [3.8, 4) is 11.5 Å². The number of hydrazone groups is 1. The number of carbonyl (C=O) groups excluding carboxylic acids is 1. The van der Waals surface area contributed by atoms with Crippen LogP contribution in [0.15, 0.2) is 81.3 Å². The maximum Gasteiger partial charge on any atom is 0.255 e. The number of nitrogens with zero attached hydrogens (tertiary/aromatic N) is 2. The van der Waals surface area contributed by atoms with Gasteiger partial charge in [0.25, 0.3) is 5.91 Å². The van der Waals surface area contributed by atoms with E-state index < -0.39 is 22.5 Å². The summed E-state index contributed by atoms with van der Waals surface area (Å²) in [7, 11) is -0.889. The first-order valence-electron chi connectivity index (χ1n) is 9.55. The minimum atomic E-state index is -3.94. The molecule has 10 heteroatoms. The largest absolute Gasteiger partial charge is 0.493 e. The Morgan fingerprint density at radius 1 is 1.06 bits per heavy atom. The molecule has 0 fully saturated rings. The molecule has 0 bridgehead atoms. The fourth-order valence-corrected chi connectivity index (χ4v) is 4.23. The van der Waals surface area contributed by atoms with Crippen LogP contribution in [-0.2, 0) is 21.4 Å². The lowest BCUT2D eigenvalue weighted by Gasteiger charge is -2.20. The van der Waals surface area contributed by atoms with Crippen LogP contribution in [-0.4, -0.2) is 45.6 Å². The monoisotopic (exact) mass is 457 g/mol. The summed E-state index contributed by atoms with van der Waals surface area (Å²) < 4.78 is 42.8. The molecule has 32 heavy (non-hydrogen) atoms. The van der Waals surface area contributed by atoms with Crippen LogP contribution in [0.2, 0.25) is 0 Å². The fraction of sp³-hybridized carbons (Fsp3) is 0.182. The van der Waals surface area contributed by atoms with Gasteiger partial charge in [0.2, 0.25) is 10.0 Å². The van der Waals surface area contributed by atoms with E-state index in [1.807, 2.05) is 0 Å². The smallest absolute Gasteiger partial charge is 0.255 e. The molecule has 1 heterocycles. The van der Waals surface area contributed by atoms with Crippen LogP contribution in [0.1, 0.15) is 11.3 Å². The molecular weight excluding hydrogens is 434 g/mol. The van der Waals surface area contributed by atoms with E-state index in [1.54, 1.807) is 48.5 Å². The average Bonchev–Trinajstić information content (AvgIpc) is 3.32. The van der Waals surface area contributed by atoms with E-state index in [4.69, 9.17) is 13.9 Å². The molecule has 2 aromatic carbocycles. The number of nitrogens with one attached hydrogen (secondary N) is 1. The zero-order valence-electron chi connectivity index (χ0n) is 17.6. The van der Waals surface area contributed by atoms with Crippen molar-refractivity contribution in [3.63, 3.8) is 0 Å². The first kappa shape index (κ1) is 23.0. The maximum atomic E-state index is 13.1. The second-order valence-electron chi connectivity index (χ2n) is 6.57. The van der Waals surface area contributed by atoms with Gasteiger partial charge in [-0.25, -0.2) is 13.8 Å². The number of furan rings is 1. The number of carbonyl (C=O) groups is 1. The predicted molar refractivity (Wildman–Crippen MR) is 118 cm³/mol. The van der Waals surface area contributed by atoms with E-state index in [-0.39, 0.29) is 11.4 Å². The summed E-state index contributed by atoms with van der Waals surface area (Å²) in [6.45, 7) is -0.543. The van der Waals surface area contributed by atoms with Gasteiger partial charge in [-0.05, 0) is 48.0 Å². The number of rotatable bonds is 10. The van der Waals surface area contributed by atoms with Gasteiger partial charge in [-0.15, -0.1) is 0 Å². The van der Waals surface area contributed by atoms with Crippen molar-refractivity contribution in [3.05, 3.63) is 78.3 Å². The SMILES string of the molecule is COc1ccc(/C=N\NC(=O)CN(Cc2ccco2)S(=O)(=O)c2ccccc2)cc1OC. The van der Waals surface area contributed by atoms with Crippen LogP contribution in [0.4, 0.5) is 0 Å². The third-order valence-corrected chi connectivity index (χ3v) is 6.23. The zero-order chi connectivity index (χ0) is 23.0. The van der Waals surface area contributed by atoms with Crippen molar-refractivity contribution in [1.29, 1.82) is 0 Å². The van der Waals surface area contributed by atoms with Crippen LogP contribution in [0.3, 0.4) is 0 Å². The van der Waals surface area contributed by atoms with E-state index in [2.05, 4.69) is 10.5 Å². The molecule has 0 spiro atoms. The molecular formula is C22H23N3O6S. The molecule has 1 aromatic heterocycles.